The van der Waals surface area contributed by atoms with Gasteiger partial charge in [-0.15, -0.1) is 0 Å². The number of nitrogens with zero attached hydrogens (tertiary/aromatic N) is 3. The molecule has 1 saturated heterocycles. The highest BCUT2D eigenvalue weighted by molar-refractivity contribution is 5.80. The SMILES string of the molecule is CC(C)CN(CC(=O)O)C(=O)N1CCOC(C#N)C1. The van der Waals surface area contributed by atoms with Crippen LogP contribution in [-0.2, 0) is 9.53 Å². The van der Waals surface area contributed by atoms with E-state index in [-0.39, 0.29) is 25.0 Å². The topological polar surface area (TPSA) is 93.9 Å². The summed E-state index contributed by atoms with van der Waals surface area (Å²) in [6, 6.07) is 1.61. The normalized spacial score (nSPS) is 19.1. The molecule has 0 bridgehead atoms. The van der Waals surface area contributed by atoms with Crippen molar-refractivity contribution < 1.29 is 19.4 Å². The van der Waals surface area contributed by atoms with Crippen LogP contribution in [0.4, 0.5) is 4.79 Å². The van der Waals surface area contributed by atoms with Crippen molar-refractivity contribution in [1.82, 2.24) is 9.80 Å². The molecule has 1 unspecified atom stereocenters. The maximum atomic E-state index is 12.3. The van der Waals surface area contributed by atoms with Gasteiger partial charge in [-0.2, -0.15) is 5.26 Å². The number of carboxylic acids is 1. The third-order valence-corrected chi connectivity index (χ3v) is 2.66. The smallest absolute Gasteiger partial charge is 0.323 e. The highest BCUT2D eigenvalue weighted by Crippen LogP contribution is 2.09. The van der Waals surface area contributed by atoms with Crippen molar-refractivity contribution in [3.8, 4) is 6.07 Å². The van der Waals surface area contributed by atoms with Gasteiger partial charge in [-0.3, -0.25) is 4.79 Å². The Balaban J connectivity index is 2.69. The lowest BCUT2D eigenvalue weighted by molar-refractivity contribution is -0.137. The number of rotatable bonds is 4. The third kappa shape index (κ3) is 4.75. The first-order valence-electron chi connectivity index (χ1n) is 6.21. The van der Waals surface area contributed by atoms with E-state index in [9.17, 15) is 9.59 Å². The fourth-order valence-electron chi connectivity index (χ4n) is 1.92. The molecule has 0 radical (unpaired) electrons. The quantitative estimate of drug-likeness (QED) is 0.796. The summed E-state index contributed by atoms with van der Waals surface area (Å²) in [5.41, 5.74) is 0. The van der Waals surface area contributed by atoms with Gasteiger partial charge in [0.1, 0.15) is 6.54 Å². The second-order valence-corrected chi connectivity index (χ2v) is 4.89. The third-order valence-electron chi connectivity index (χ3n) is 2.66. The molecule has 1 atom stereocenters. The molecule has 7 nitrogen and oxygen atoms in total. The lowest BCUT2D eigenvalue weighted by atomic mass is 10.2. The standard InChI is InChI=1S/C12H19N3O4/c1-9(2)6-15(8-11(16)17)12(18)14-3-4-19-10(5-13)7-14/h9-10H,3-4,6-8H2,1-2H3,(H,16,17). The van der Waals surface area contributed by atoms with Gasteiger partial charge in [-0.25, -0.2) is 4.79 Å². The second kappa shape index (κ2) is 6.95. The Morgan fingerprint density at radius 3 is 2.79 bits per heavy atom. The Kier molecular flexibility index (Phi) is 5.57. The molecule has 0 spiro atoms. The molecule has 1 N–H and O–H groups in total. The zero-order chi connectivity index (χ0) is 14.4. The van der Waals surface area contributed by atoms with Crippen LogP contribution >= 0.6 is 0 Å². The zero-order valence-electron chi connectivity index (χ0n) is 11.2. The van der Waals surface area contributed by atoms with Gasteiger partial charge < -0.3 is 19.6 Å². The summed E-state index contributed by atoms with van der Waals surface area (Å²) >= 11 is 0. The molecule has 2 amide bonds. The molecule has 0 aromatic heterocycles. The molecule has 0 aliphatic carbocycles. The van der Waals surface area contributed by atoms with E-state index in [1.165, 1.54) is 9.80 Å². The van der Waals surface area contributed by atoms with E-state index in [0.29, 0.717) is 19.7 Å². The van der Waals surface area contributed by atoms with Crippen LogP contribution < -0.4 is 0 Å². The number of hydrogen-bond donors (Lipinski definition) is 1. The summed E-state index contributed by atoms with van der Waals surface area (Å²) in [5.74, 6) is -0.866. The highest BCUT2D eigenvalue weighted by atomic mass is 16.5. The van der Waals surface area contributed by atoms with Crippen LogP contribution in [0, 0.1) is 17.2 Å². The number of amides is 2. The van der Waals surface area contributed by atoms with Gasteiger partial charge in [0, 0.05) is 13.1 Å². The van der Waals surface area contributed by atoms with E-state index in [2.05, 4.69) is 0 Å². The molecule has 19 heavy (non-hydrogen) atoms. The molecule has 1 rings (SSSR count). The molecule has 0 aromatic carbocycles. The Labute approximate surface area is 112 Å². The van der Waals surface area contributed by atoms with Crippen molar-refractivity contribution in [2.45, 2.75) is 20.0 Å². The summed E-state index contributed by atoms with van der Waals surface area (Å²) in [4.78, 5) is 25.8. The van der Waals surface area contributed by atoms with E-state index >= 15 is 0 Å². The number of carbonyl (C=O) groups excluding carboxylic acids is 1. The Bertz CT molecular complexity index is 378. The molecule has 106 valence electrons. The predicted octanol–water partition coefficient (Wildman–Crippen LogP) is 0.373. The van der Waals surface area contributed by atoms with Gasteiger partial charge >= 0.3 is 12.0 Å². The first-order chi connectivity index (χ1) is 8.93. The number of carbonyl (C=O) groups is 2. The van der Waals surface area contributed by atoms with E-state index in [1.807, 2.05) is 19.9 Å². The number of urea groups is 1. The number of nitriles is 1. The second-order valence-electron chi connectivity index (χ2n) is 4.89. The van der Waals surface area contributed by atoms with E-state index in [1.54, 1.807) is 0 Å². The van der Waals surface area contributed by atoms with Crippen LogP contribution in [0.3, 0.4) is 0 Å². The first-order valence-corrected chi connectivity index (χ1v) is 6.21. The van der Waals surface area contributed by atoms with Crippen molar-refractivity contribution >= 4 is 12.0 Å². The van der Waals surface area contributed by atoms with Crippen LogP contribution in [0.1, 0.15) is 13.8 Å². The van der Waals surface area contributed by atoms with Gasteiger partial charge in [-0.1, -0.05) is 13.8 Å². The van der Waals surface area contributed by atoms with Crippen LogP contribution in [0.25, 0.3) is 0 Å². The minimum atomic E-state index is -1.04. The number of hydrogen-bond acceptors (Lipinski definition) is 4. The minimum absolute atomic E-state index is 0.177. The Morgan fingerprint density at radius 2 is 2.26 bits per heavy atom. The summed E-state index contributed by atoms with van der Waals surface area (Å²) < 4.78 is 5.16. The van der Waals surface area contributed by atoms with Crippen LogP contribution in [0.15, 0.2) is 0 Å². The van der Waals surface area contributed by atoms with Crippen molar-refractivity contribution in [2.24, 2.45) is 5.92 Å². The molecule has 1 heterocycles. The molecule has 1 fully saturated rings. The number of ether oxygens (including phenoxy) is 1. The van der Waals surface area contributed by atoms with Crippen LogP contribution in [0.5, 0.6) is 0 Å². The monoisotopic (exact) mass is 269 g/mol. The van der Waals surface area contributed by atoms with Gasteiger partial charge in [0.05, 0.1) is 19.2 Å². The largest absolute Gasteiger partial charge is 0.480 e. The number of carboxylic acid groups (broad SMARTS) is 1. The highest BCUT2D eigenvalue weighted by Gasteiger charge is 2.28. The van der Waals surface area contributed by atoms with E-state index < -0.39 is 12.1 Å². The molecule has 7 heteroatoms. The fraction of sp³-hybridized carbons (Fsp3) is 0.750. The number of aliphatic carboxylic acids is 1. The van der Waals surface area contributed by atoms with Gasteiger partial charge in [0.2, 0.25) is 0 Å². The van der Waals surface area contributed by atoms with Gasteiger partial charge in [0.15, 0.2) is 6.10 Å². The lowest BCUT2D eigenvalue weighted by Gasteiger charge is -2.34. The molecular formula is C12H19N3O4. The van der Waals surface area contributed by atoms with Crippen molar-refractivity contribution in [1.29, 1.82) is 5.26 Å². The fourth-order valence-corrected chi connectivity index (χ4v) is 1.92. The molecular weight excluding hydrogens is 250 g/mol. The van der Waals surface area contributed by atoms with Gasteiger partial charge in [-0.05, 0) is 5.92 Å². The van der Waals surface area contributed by atoms with Gasteiger partial charge in [0.25, 0.3) is 0 Å². The average molecular weight is 269 g/mol. The zero-order valence-corrected chi connectivity index (χ0v) is 11.2. The number of morpholine rings is 1. The molecule has 1 aliphatic rings. The predicted molar refractivity (Wildman–Crippen MR) is 66.4 cm³/mol. The summed E-state index contributed by atoms with van der Waals surface area (Å²) in [6.07, 6.45) is -0.636. The maximum absolute atomic E-state index is 12.3. The Morgan fingerprint density at radius 1 is 1.58 bits per heavy atom. The van der Waals surface area contributed by atoms with E-state index in [0.717, 1.165) is 0 Å². The van der Waals surface area contributed by atoms with Crippen LogP contribution in [0.2, 0.25) is 0 Å². The first kappa shape index (κ1) is 15.2. The maximum Gasteiger partial charge on any atom is 0.323 e. The molecule has 0 saturated carbocycles. The van der Waals surface area contributed by atoms with Crippen molar-refractivity contribution in [3.05, 3.63) is 0 Å². The Hall–Kier alpha value is -1.81. The molecule has 1 aliphatic heterocycles. The van der Waals surface area contributed by atoms with E-state index in [4.69, 9.17) is 15.1 Å². The average Bonchev–Trinajstić information content (AvgIpc) is 2.36. The summed E-state index contributed by atoms with van der Waals surface area (Å²) in [6.45, 7) is 4.74. The summed E-state index contributed by atoms with van der Waals surface area (Å²) in [7, 11) is 0. The lowest BCUT2D eigenvalue weighted by Crippen LogP contribution is -2.52. The summed E-state index contributed by atoms with van der Waals surface area (Å²) in [5, 5.41) is 17.7. The van der Waals surface area contributed by atoms with Crippen molar-refractivity contribution in [2.75, 3.05) is 32.8 Å². The minimum Gasteiger partial charge on any atom is -0.480 e. The van der Waals surface area contributed by atoms with Crippen LogP contribution in [-0.4, -0.2) is 65.8 Å². The molecule has 0 aromatic rings. The van der Waals surface area contributed by atoms with Crippen molar-refractivity contribution in [3.63, 3.8) is 0 Å².